The van der Waals surface area contributed by atoms with Crippen molar-refractivity contribution in [3.05, 3.63) is 52.6 Å². The number of imide groups is 1. The number of benzene rings is 2. The molecule has 1 saturated heterocycles. The summed E-state index contributed by atoms with van der Waals surface area (Å²) >= 11 is 0. The number of nitrogen functional groups attached to an aromatic ring is 1. The number of nitrogens with zero attached hydrogens (tertiary/aromatic N) is 1. The Morgan fingerprint density at radius 1 is 0.923 bits per heavy atom. The highest BCUT2D eigenvalue weighted by Crippen LogP contribution is 2.41. The lowest BCUT2D eigenvalue weighted by molar-refractivity contribution is -0.301. The molecule has 4 rings (SSSR count). The number of carbonyl (C=O) groups excluding carboxylic acids is 2. The number of hydrogen-bond donors (Lipinski definition) is 5. The second kappa shape index (κ2) is 11.6. The Hall–Kier alpha value is -3.06. The molecule has 6 N–H and O–H groups in total. The second-order valence-corrected chi connectivity index (χ2v) is 10.4. The molecule has 0 aliphatic carbocycles. The quantitative estimate of drug-likeness (QED) is 0.177. The normalized spacial score (nSPS) is 25.1. The van der Waals surface area contributed by atoms with E-state index in [1.165, 1.54) is 17.0 Å². The van der Waals surface area contributed by atoms with Crippen LogP contribution in [0.2, 0.25) is 0 Å². The number of hydrogen-bond acceptors (Lipinski definition) is 10. The predicted octanol–water partition coefficient (Wildman–Crippen LogP) is 1.51. The zero-order chi connectivity index (χ0) is 28.6. The van der Waals surface area contributed by atoms with Crippen molar-refractivity contribution < 1.29 is 44.2 Å². The number of rotatable bonds is 9. The number of carbonyl (C=O) groups is 2. The molecule has 1 fully saturated rings. The number of anilines is 2. The molecule has 0 aromatic heterocycles. The third kappa shape index (κ3) is 5.38. The Morgan fingerprint density at radius 3 is 2.08 bits per heavy atom. The van der Waals surface area contributed by atoms with Gasteiger partial charge >= 0.3 is 0 Å². The maximum Gasteiger partial charge on any atom is 0.266 e. The van der Waals surface area contributed by atoms with Crippen LogP contribution < -0.4 is 15.4 Å². The van der Waals surface area contributed by atoms with Crippen LogP contribution in [0.15, 0.2) is 30.3 Å². The highest BCUT2D eigenvalue weighted by atomic mass is 16.7. The molecule has 0 radical (unpaired) electrons. The highest BCUT2D eigenvalue weighted by molar-refractivity contribution is 6.35. The van der Waals surface area contributed by atoms with Crippen LogP contribution in [0.4, 0.5) is 11.4 Å². The van der Waals surface area contributed by atoms with Crippen molar-refractivity contribution in [1.82, 2.24) is 0 Å². The molecule has 2 aromatic rings. The number of fused-ring (bicyclic) bond motifs is 1. The van der Waals surface area contributed by atoms with E-state index in [2.05, 4.69) is 0 Å². The molecule has 2 aliphatic rings. The fraction of sp³-hybridized carbons (Fsp3) is 0.500. The van der Waals surface area contributed by atoms with Gasteiger partial charge in [-0.25, -0.2) is 4.90 Å². The minimum Gasteiger partial charge on any atom is -0.489 e. The Balaban J connectivity index is 1.50. The molecule has 2 aliphatic heterocycles. The Morgan fingerprint density at radius 2 is 1.51 bits per heavy atom. The Kier molecular flexibility index (Phi) is 8.60. The summed E-state index contributed by atoms with van der Waals surface area (Å²) in [4.78, 5) is 28.3. The largest absolute Gasteiger partial charge is 0.489 e. The van der Waals surface area contributed by atoms with Crippen molar-refractivity contribution in [2.75, 3.05) is 30.5 Å². The molecular weight excluding hydrogens is 508 g/mol. The number of aliphatic hydroxyl groups excluding tert-OH is 4. The molecule has 3 unspecified atom stereocenters. The van der Waals surface area contributed by atoms with E-state index in [9.17, 15) is 30.0 Å². The average molecular weight is 545 g/mol. The van der Waals surface area contributed by atoms with Gasteiger partial charge in [-0.1, -0.05) is 45.9 Å². The van der Waals surface area contributed by atoms with Crippen molar-refractivity contribution in [3.8, 4) is 5.75 Å². The minimum absolute atomic E-state index is 0.0719. The van der Waals surface area contributed by atoms with E-state index in [1.54, 1.807) is 0 Å². The average Bonchev–Trinajstić information content (AvgIpc) is 3.13. The van der Waals surface area contributed by atoms with Crippen molar-refractivity contribution >= 4 is 23.2 Å². The molecule has 0 spiro atoms. The van der Waals surface area contributed by atoms with Gasteiger partial charge in [-0.15, -0.1) is 0 Å². The minimum atomic E-state index is -1.56. The number of aliphatic hydroxyl groups is 4. The first-order valence-electron chi connectivity index (χ1n) is 13.0. The number of nitrogens with two attached hydrogens (primary N) is 1. The highest BCUT2D eigenvalue weighted by Gasteiger charge is 2.44. The van der Waals surface area contributed by atoms with E-state index < -0.39 is 49.1 Å². The molecule has 2 heterocycles. The van der Waals surface area contributed by atoms with Crippen LogP contribution in [-0.2, 0) is 9.47 Å². The van der Waals surface area contributed by atoms with Crippen molar-refractivity contribution in [3.63, 3.8) is 0 Å². The van der Waals surface area contributed by atoms with Crippen LogP contribution in [0.25, 0.3) is 0 Å². The molecule has 2 amide bonds. The van der Waals surface area contributed by atoms with E-state index in [0.29, 0.717) is 5.69 Å². The Labute approximate surface area is 226 Å². The van der Waals surface area contributed by atoms with E-state index >= 15 is 0 Å². The topological polar surface area (TPSA) is 172 Å². The second-order valence-electron chi connectivity index (χ2n) is 10.4. The fourth-order valence-electron chi connectivity index (χ4n) is 4.90. The van der Waals surface area contributed by atoms with Gasteiger partial charge in [0.25, 0.3) is 11.8 Å². The summed E-state index contributed by atoms with van der Waals surface area (Å²) in [5.41, 5.74) is 9.07. The van der Waals surface area contributed by atoms with E-state index in [0.717, 1.165) is 11.1 Å². The van der Waals surface area contributed by atoms with Gasteiger partial charge in [-0.05, 0) is 35.1 Å². The SMILES string of the molecule is CC(C)c1cccc(C(C)C)c1N1C(=O)c2cc(N)c(OCCO[C@@H]3OC(CO)[C@@H](O)C(O)C3O)cc2C1=O. The zero-order valence-electron chi connectivity index (χ0n) is 22.4. The van der Waals surface area contributed by atoms with Crippen LogP contribution in [0.3, 0.4) is 0 Å². The van der Waals surface area contributed by atoms with E-state index in [4.69, 9.17) is 19.9 Å². The van der Waals surface area contributed by atoms with Crippen LogP contribution >= 0.6 is 0 Å². The third-order valence-electron chi connectivity index (χ3n) is 7.05. The summed E-state index contributed by atoms with van der Waals surface area (Å²) in [5, 5.41) is 39.2. The summed E-state index contributed by atoms with van der Waals surface area (Å²) in [6.07, 6.45) is -6.98. The van der Waals surface area contributed by atoms with Gasteiger partial charge in [-0.2, -0.15) is 0 Å². The van der Waals surface area contributed by atoms with Crippen molar-refractivity contribution in [2.45, 2.75) is 70.2 Å². The van der Waals surface area contributed by atoms with Crippen molar-refractivity contribution in [1.29, 1.82) is 0 Å². The fourth-order valence-corrected chi connectivity index (χ4v) is 4.90. The predicted molar refractivity (Wildman–Crippen MR) is 142 cm³/mol. The van der Waals surface area contributed by atoms with Crippen LogP contribution in [-0.4, -0.2) is 82.8 Å². The van der Waals surface area contributed by atoms with Gasteiger partial charge in [0.1, 0.15) is 36.8 Å². The van der Waals surface area contributed by atoms with Gasteiger partial charge in [0.05, 0.1) is 35.7 Å². The van der Waals surface area contributed by atoms with Gasteiger partial charge < -0.3 is 40.4 Å². The monoisotopic (exact) mass is 544 g/mol. The number of ether oxygens (including phenoxy) is 3. The Bertz CT molecular complexity index is 1200. The summed E-state index contributed by atoms with van der Waals surface area (Å²) < 4.78 is 16.4. The number of para-hydroxylation sites is 1. The summed E-state index contributed by atoms with van der Waals surface area (Å²) in [5.74, 6) is -0.580. The van der Waals surface area contributed by atoms with Gasteiger partial charge in [-0.3, -0.25) is 9.59 Å². The lowest BCUT2D eigenvalue weighted by atomic mass is 9.92. The standard InChI is InChI=1S/C28H36N2O9/c1-13(2)15-6-5-7-16(14(3)4)22(15)30-26(35)17-10-19(29)20(11-18(17)27(30)36)37-8-9-38-28-25(34)24(33)23(32)21(12-31)39-28/h5-7,10-11,13-14,21,23-25,28,31-34H,8-9,12,29H2,1-4H3/t21?,23-,24?,25?,28-/m1/s1. The molecule has 39 heavy (non-hydrogen) atoms. The summed E-state index contributed by atoms with van der Waals surface area (Å²) in [6, 6.07) is 8.65. The molecule has 212 valence electrons. The first-order valence-corrected chi connectivity index (χ1v) is 13.0. The van der Waals surface area contributed by atoms with Gasteiger partial charge in [0, 0.05) is 0 Å². The molecule has 5 atom stereocenters. The lowest BCUT2D eigenvalue weighted by Crippen LogP contribution is -2.59. The first kappa shape index (κ1) is 28.9. The van der Waals surface area contributed by atoms with Gasteiger partial charge in [0.15, 0.2) is 6.29 Å². The van der Waals surface area contributed by atoms with E-state index in [1.807, 2.05) is 45.9 Å². The van der Waals surface area contributed by atoms with Crippen LogP contribution in [0, 0.1) is 0 Å². The van der Waals surface area contributed by atoms with E-state index in [-0.39, 0.29) is 47.6 Å². The maximum atomic E-state index is 13.6. The molecule has 0 saturated carbocycles. The first-order chi connectivity index (χ1) is 18.5. The molecule has 11 heteroatoms. The lowest BCUT2D eigenvalue weighted by Gasteiger charge is -2.39. The third-order valence-corrected chi connectivity index (χ3v) is 7.05. The zero-order valence-corrected chi connectivity index (χ0v) is 22.4. The summed E-state index contributed by atoms with van der Waals surface area (Å²) in [6.45, 7) is 7.29. The van der Waals surface area contributed by atoms with Crippen molar-refractivity contribution in [2.24, 2.45) is 0 Å². The smallest absolute Gasteiger partial charge is 0.266 e. The van der Waals surface area contributed by atoms with Gasteiger partial charge in [0.2, 0.25) is 0 Å². The molecule has 2 aromatic carbocycles. The molecule has 0 bridgehead atoms. The van der Waals surface area contributed by atoms with Crippen LogP contribution in [0.5, 0.6) is 5.75 Å². The summed E-state index contributed by atoms with van der Waals surface area (Å²) in [7, 11) is 0. The number of amides is 2. The maximum absolute atomic E-state index is 13.6. The molecule has 11 nitrogen and oxygen atoms in total. The van der Waals surface area contributed by atoms with Crippen LogP contribution in [0.1, 0.15) is 71.4 Å². The molecular formula is C28H36N2O9.